The van der Waals surface area contributed by atoms with E-state index in [9.17, 15) is 5.11 Å². The van der Waals surface area contributed by atoms with E-state index >= 15 is 0 Å². The largest absolute Gasteiger partial charge is 0.394 e. The molecule has 2 N–H and O–H groups in total. The van der Waals surface area contributed by atoms with Crippen molar-refractivity contribution in [3.63, 3.8) is 0 Å². The number of ether oxygens (including phenoxy) is 1. The molecule has 0 aromatic carbocycles. The van der Waals surface area contributed by atoms with Gasteiger partial charge in [0.1, 0.15) is 0 Å². The van der Waals surface area contributed by atoms with Crippen LogP contribution in [0.15, 0.2) is 17.5 Å². The Balaban J connectivity index is 1.94. The second kappa shape index (κ2) is 5.96. The molecular formula is C13H21NO2S. The summed E-state index contributed by atoms with van der Waals surface area (Å²) in [6.45, 7) is 3.92. The molecule has 1 fully saturated rings. The topological polar surface area (TPSA) is 41.5 Å². The lowest BCUT2D eigenvalue weighted by molar-refractivity contribution is -0.0464. The first-order valence-corrected chi connectivity index (χ1v) is 7.16. The monoisotopic (exact) mass is 255 g/mol. The van der Waals surface area contributed by atoms with Crippen LogP contribution in [0.4, 0.5) is 0 Å². The molecule has 1 aromatic rings. The van der Waals surface area contributed by atoms with Gasteiger partial charge in [-0.15, -0.1) is 11.3 Å². The van der Waals surface area contributed by atoms with Crippen LogP contribution in [0, 0.1) is 0 Å². The van der Waals surface area contributed by atoms with Gasteiger partial charge in [-0.1, -0.05) is 13.0 Å². The summed E-state index contributed by atoms with van der Waals surface area (Å²) in [6, 6.07) is 4.19. The van der Waals surface area contributed by atoms with Gasteiger partial charge in [0, 0.05) is 23.6 Å². The first-order chi connectivity index (χ1) is 8.28. The number of aliphatic hydroxyl groups is 1. The molecule has 4 heteroatoms. The maximum Gasteiger partial charge on any atom is 0.0615 e. The lowest BCUT2D eigenvalue weighted by Gasteiger charge is -2.40. The number of hydrogen-bond donors (Lipinski definition) is 2. The zero-order chi connectivity index (χ0) is 12.1. The van der Waals surface area contributed by atoms with Gasteiger partial charge in [-0.2, -0.15) is 0 Å². The molecule has 1 aliphatic heterocycles. The summed E-state index contributed by atoms with van der Waals surface area (Å²) in [7, 11) is 0. The average Bonchev–Trinajstić information content (AvgIpc) is 2.90. The van der Waals surface area contributed by atoms with Crippen LogP contribution in [0.2, 0.25) is 0 Å². The average molecular weight is 255 g/mol. The van der Waals surface area contributed by atoms with Crippen molar-refractivity contribution in [1.82, 2.24) is 5.32 Å². The highest BCUT2D eigenvalue weighted by atomic mass is 32.1. The van der Waals surface area contributed by atoms with Crippen LogP contribution in [-0.2, 0) is 11.3 Å². The maximum absolute atomic E-state index is 9.67. The summed E-state index contributed by atoms with van der Waals surface area (Å²) in [5.41, 5.74) is -0.150. The van der Waals surface area contributed by atoms with Crippen LogP contribution in [-0.4, -0.2) is 30.0 Å². The highest BCUT2D eigenvalue weighted by Gasteiger charge is 2.35. The van der Waals surface area contributed by atoms with Gasteiger partial charge in [-0.25, -0.2) is 0 Å². The lowest BCUT2D eigenvalue weighted by atomic mass is 9.86. The van der Waals surface area contributed by atoms with Gasteiger partial charge >= 0.3 is 0 Å². The quantitative estimate of drug-likeness (QED) is 0.847. The van der Waals surface area contributed by atoms with E-state index in [4.69, 9.17) is 4.74 Å². The van der Waals surface area contributed by atoms with Crippen molar-refractivity contribution >= 4 is 11.3 Å². The van der Waals surface area contributed by atoms with Crippen molar-refractivity contribution in [1.29, 1.82) is 0 Å². The molecule has 17 heavy (non-hydrogen) atoms. The van der Waals surface area contributed by atoms with E-state index in [0.29, 0.717) is 0 Å². The van der Waals surface area contributed by atoms with Gasteiger partial charge in [0.25, 0.3) is 0 Å². The third kappa shape index (κ3) is 3.28. The molecule has 0 bridgehead atoms. The van der Waals surface area contributed by atoms with E-state index in [1.165, 1.54) is 4.88 Å². The van der Waals surface area contributed by atoms with Crippen LogP contribution in [0.5, 0.6) is 0 Å². The highest BCUT2D eigenvalue weighted by molar-refractivity contribution is 7.09. The van der Waals surface area contributed by atoms with Crippen molar-refractivity contribution < 1.29 is 9.84 Å². The minimum absolute atomic E-state index is 0.150. The molecule has 2 atom stereocenters. The standard InChI is InChI=1S/C13H21NO2S/c1-2-11-8-13(10-15,5-6-16-11)14-9-12-4-3-7-17-12/h3-4,7,11,14-15H,2,5-6,8-10H2,1H3. The van der Waals surface area contributed by atoms with Crippen LogP contribution in [0.1, 0.15) is 31.1 Å². The van der Waals surface area contributed by atoms with Gasteiger partial charge in [0.15, 0.2) is 0 Å². The Morgan fingerprint density at radius 2 is 2.53 bits per heavy atom. The molecule has 0 radical (unpaired) electrons. The smallest absolute Gasteiger partial charge is 0.0615 e. The summed E-state index contributed by atoms with van der Waals surface area (Å²) in [5, 5.41) is 15.3. The third-order valence-corrected chi connectivity index (χ3v) is 4.40. The van der Waals surface area contributed by atoms with Gasteiger partial charge < -0.3 is 15.2 Å². The summed E-state index contributed by atoms with van der Waals surface area (Å²) in [6.07, 6.45) is 3.10. The molecule has 1 aliphatic rings. The molecule has 96 valence electrons. The molecule has 1 saturated heterocycles. The zero-order valence-corrected chi connectivity index (χ0v) is 11.1. The summed E-state index contributed by atoms with van der Waals surface area (Å²) >= 11 is 1.75. The maximum atomic E-state index is 9.67. The highest BCUT2D eigenvalue weighted by Crippen LogP contribution is 2.27. The first kappa shape index (κ1) is 13.0. The molecule has 0 aliphatic carbocycles. The van der Waals surface area contributed by atoms with Gasteiger partial charge in [-0.05, 0) is 30.7 Å². The van der Waals surface area contributed by atoms with Crippen LogP contribution in [0.3, 0.4) is 0 Å². The van der Waals surface area contributed by atoms with Gasteiger partial charge in [-0.3, -0.25) is 0 Å². The van der Waals surface area contributed by atoms with Crippen molar-refractivity contribution in [3.8, 4) is 0 Å². The second-order valence-electron chi connectivity index (χ2n) is 4.73. The number of thiophene rings is 1. The molecule has 2 rings (SSSR count). The molecule has 2 unspecified atom stereocenters. The van der Waals surface area contributed by atoms with Crippen LogP contribution < -0.4 is 5.32 Å². The summed E-state index contributed by atoms with van der Waals surface area (Å²) < 4.78 is 5.67. The van der Waals surface area contributed by atoms with E-state index in [1.54, 1.807) is 11.3 Å². The van der Waals surface area contributed by atoms with Crippen LogP contribution >= 0.6 is 11.3 Å². The Kier molecular flexibility index (Phi) is 4.56. The Morgan fingerprint density at radius 1 is 1.65 bits per heavy atom. The zero-order valence-electron chi connectivity index (χ0n) is 10.3. The normalized spacial score (nSPS) is 29.4. The van der Waals surface area contributed by atoms with Gasteiger partial charge in [0.2, 0.25) is 0 Å². The van der Waals surface area contributed by atoms with E-state index in [2.05, 4.69) is 29.8 Å². The molecular weight excluding hydrogens is 234 g/mol. The van der Waals surface area contributed by atoms with Crippen molar-refractivity contribution in [3.05, 3.63) is 22.4 Å². The molecule has 1 aromatic heterocycles. The summed E-state index contributed by atoms with van der Waals surface area (Å²) in [4.78, 5) is 1.32. The minimum Gasteiger partial charge on any atom is -0.394 e. The Labute approximate surface area is 107 Å². The minimum atomic E-state index is -0.150. The number of aliphatic hydroxyl groups excluding tert-OH is 1. The third-order valence-electron chi connectivity index (χ3n) is 3.53. The van der Waals surface area contributed by atoms with Crippen molar-refractivity contribution in [2.75, 3.05) is 13.2 Å². The van der Waals surface area contributed by atoms with Crippen molar-refractivity contribution in [2.45, 2.75) is 44.4 Å². The predicted molar refractivity (Wildman–Crippen MR) is 70.2 cm³/mol. The fourth-order valence-electron chi connectivity index (χ4n) is 2.33. The Morgan fingerprint density at radius 3 is 3.18 bits per heavy atom. The van der Waals surface area contributed by atoms with E-state index in [-0.39, 0.29) is 18.2 Å². The molecule has 0 spiro atoms. The predicted octanol–water partition coefficient (Wildman–Crippen LogP) is 2.16. The SMILES string of the molecule is CCC1CC(CO)(NCc2cccs2)CCO1. The van der Waals surface area contributed by atoms with E-state index in [0.717, 1.165) is 32.4 Å². The van der Waals surface area contributed by atoms with Crippen LogP contribution in [0.25, 0.3) is 0 Å². The molecule has 2 heterocycles. The molecule has 0 saturated carbocycles. The summed E-state index contributed by atoms with van der Waals surface area (Å²) in [5.74, 6) is 0. The van der Waals surface area contributed by atoms with E-state index < -0.39 is 0 Å². The fraction of sp³-hybridized carbons (Fsp3) is 0.692. The van der Waals surface area contributed by atoms with Crippen molar-refractivity contribution in [2.24, 2.45) is 0 Å². The Hall–Kier alpha value is -0.420. The fourth-order valence-corrected chi connectivity index (χ4v) is 2.97. The number of rotatable bonds is 5. The lowest BCUT2D eigenvalue weighted by Crippen LogP contribution is -2.54. The van der Waals surface area contributed by atoms with E-state index in [1.807, 2.05) is 0 Å². The number of nitrogens with one attached hydrogen (secondary N) is 1. The first-order valence-electron chi connectivity index (χ1n) is 6.28. The number of hydrogen-bond acceptors (Lipinski definition) is 4. The molecule has 3 nitrogen and oxygen atoms in total. The van der Waals surface area contributed by atoms with Gasteiger partial charge in [0.05, 0.1) is 12.7 Å². The molecule has 0 amide bonds. The Bertz CT molecular complexity index is 328. The second-order valence-corrected chi connectivity index (χ2v) is 5.76.